The van der Waals surface area contributed by atoms with Crippen LogP contribution in [0, 0.1) is 0 Å². The third kappa shape index (κ3) is 6.13. The second-order valence-electron chi connectivity index (χ2n) is 5.06. The van der Waals surface area contributed by atoms with Gasteiger partial charge in [0.15, 0.2) is 5.96 Å². The van der Waals surface area contributed by atoms with E-state index in [0.717, 1.165) is 18.5 Å². The van der Waals surface area contributed by atoms with Gasteiger partial charge < -0.3 is 20.6 Å². The summed E-state index contributed by atoms with van der Waals surface area (Å²) in [7, 11) is 3.49. The van der Waals surface area contributed by atoms with Crippen molar-refractivity contribution in [3.8, 4) is 0 Å². The molecule has 6 nitrogen and oxygen atoms in total. The van der Waals surface area contributed by atoms with Crippen molar-refractivity contribution in [2.45, 2.75) is 13.3 Å². The van der Waals surface area contributed by atoms with Crippen molar-refractivity contribution in [3.63, 3.8) is 0 Å². The first-order valence-corrected chi connectivity index (χ1v) is 7.52. The van der Waals surface area contributed by atoms with E-state index in [2.05, 4.69) is 15.6 Å². The Balaban J connectivity index is 2.57. The molecular formula is C16H26N4O2. The number of rotatable bonds is 7. The third-order valence-electron chi connectivity index (χ3n) is 3.00. The highest BCUT2D eigenvalue weighted by atomic mass is 16.3. The fourth-order valence-electron chi connectivity index (χ4n) is 1.95. The summed E-state index contributed by atoms with van der Waals surface area (Å²) < 4.78 is 0. The van der Waals surface area contributed by atoms with Gasteiger partial charge in [-0.1, -0.05) is 12.1 Å². The maximum absolute atomic E-state index is 11.9. The van der Waals surface area contributed by atoms with Gasteiger partial charge in [0.05, 0.1) is 13.2 Å². The zero-order chi connectivity index (χ0) is 16.4. The van der Waals surface area contributed by atoms with Gasteiger partial charge >= 0.3 is 0 Å². The van der Waals surface area contributed by atoms with Crippen LogP contribution in [0.4, 0.5) is 0 Å². The minimum Gasteiger partial charge on any atom is -0.394 e. The van der Waals surface area contributed by atoms with Crippen LogP contribution in [0.3, 0.4) is 0 Å². The molecular weight excluding hydrogens is 280 g/mol. The summed E-state index contributed by atoms with van der Waals surface area (Å²) in [6.45, 7) is 3.88. The number of aliphatic hydroxyl groups is 1. The molecule has 0 fully saturated rings. The van der Waals surface area contributed by atoms with Crippen LogP contribution >= 0.6 is 0 Å². The normalized spacial score (nSPS) is 11.2. The highest BCUT2D eigenvalue weighted by Gasteiger charge is 2.08. The molecule has 0 saturated carbocycles. The van der Waals surface area contributed by atoms with Crippen molar-refractivity contribution >= 4 is 11.9 Å². The molecule has 1 amide bonds. The van der Waals surface area contributed by atoms with Gasteiger partial charge in [-0.15, -0.1) is 0 Å². The lowest BCUT2D eigenvalue weighted by Crippen LogP contribution is -2.38. The number of guanidine groups is 1. The van der Waals surface area contributed by atoms with E-state index in [-0.39, 0.29) is 12.5 Å². The molecule has 0 atom stereocenters. The van der Waals surface area contributed by atoms with Crippen LogP contribution in [0.15, 0.2) is 29.3 Å². The first-order valence-electron chi connectivity index (χ1n) is 7.52. The molecule has 6 heteroatoms. The number of hydrogen-bond acceptors (Lipinski definition) is 3. The van der Waals surface area contributed by atoms with Crippen molar-refractivity contribution in [2.24, 2.45) is 4.99 Å². The van der Waals surface area contributed by atoms with E-state index in [0.29, 0.717) is 24.6 Å². The number of nitrogens with one attached hydrogen (secondary N) is 2. The number of aliphatic imine (C=N–C) groups is 1. The molecule has 0 spiro atoms. The number of hydrogen-bond donors (Lipinski definition) is 3. The summed E-state index contributed by atoms with van der Waals surface area (Å²) in [5.74, 6) is 0.699. The van der Waals surface area contributed by atoms with E-state index < -0.39 is 0 Å². The Hall–Kier alpha value is -2.08. The van der Waals surface area contributed by atoms with Gasteiger partial charge in [0.25, 0.3) is 5.91 Å². The lowest BCUT2D eigenvalue weighted by atomic mass is 10.1. The molecule has 3 N–H and O–H groups in total. The monoisotopic (exact) mass is 306 g/mol. The Morgan fingerprint density at radius 2 is 2.09 bits per heavy atom. The number of carbonyl (C=O) groups excluding carboxylic acids is 1. The van der Waals surface area contributed by atoms with Crippen molar-refractivity contribution < 1.29 is 9.90 Å². The largest absolute Gasteiger partial charge is 0.394 e. The van der Waals surface area contributed by atoms with E-state index >= 15 is 0 Å². The molecule has 0 radical (unpaired) electrons. The number of nitrogens with zero attached hydrogens (tertiary/aromatic N) is 2. The predicted molar refractivity (Wildman–Crippen MR) is 89.2 cm³/mol. The van der Waals surface area contributed by atoms with Crippen LogP contribution in [0.2, 0.25) is 0 Å². The number of carbonyl (C=O) groups is 1. The topological polar surface area (TPSA) is 77.0 Å². The fraction of sp³-hybridized carbons (Fsp3) is 0.500. The second kappa shape index (κ2) is 9.78. The molecule has 0 aliphatic rings. The van der Waals surface area contributed by atoms with Gasteiger partial charge in [-0.25, -0.2) is 0 Å². The molecule has 0 unspecified atom stereocenters. The van der Waals surface area contributed by atoms with Crippen molar-refractivity contribution in [3.05, 3.63) is 35.4 Å². The van der Waals surface area contributed by atoms with E-state index in [1.165, 1.54) is 0 Å². The van der Waals surface area contributed by atoms with Crippen LogP contribution in [0.5, 0.6) is 0 Å². The lowest BCUT2D eigenvalue weighted by molar-refractivity contribution is 0.0827. The summed E-state index contributed by atoms with van der Waals surface area (Å²) in [6, 6.07) is 7.65. The summed E-state index contributed by atoms with van der Waals surface area (Å²) in [4.78, 5) is 17.7. The zero-order valence-corrected chi connectivity index (χ0v) is 13.6. The molecule has 0 aliphatic carbocycles. The molecule has 22 heavy (non-hydrogen) atoms. The molecule has 1 aromatic carbocycles. The molecule has 1 aromatic rings. The number of amides is 1. The highest BCUT2D eigenvalue weighted by molar-refractivity contribution is 5.94. The second-order valence-corrected chi connectivity index (χ2v) is 5.06. The summed E-state index contributed by atoms with van der Waals surface area (Å²) >= 11 is 0. The molecule has 1 rings (SSSR count). The molecule has 0 saturated heterocycles. The van der Waals surface area contributed by atoms with Gasteiger partial charge in [0.1, 0.15) is 0 Å². The fourth-order valence-corrected chi connectivity index (χ4v) is 1.95. The first kappa shape index (κ1) is 18.0. The maximum Gasteiger partial charge on any atom is 0.253 e. The Bertz CT molecular complexity index is 501. The Morgan fingerprint density at radius 1 is 1.32 bits per heavy atom. The van der Waals surface area contributed by atoms with E-state index in [4.69, 9.17) is 5.11 Å². The Morgan fingerprint density at radius 3 is 2.73 bits per heavy atom. The standard InChI is InChI=1S/C16H26N4O2/c1-4-17-16(19-10-11-21)18-9-8-13-6-5-7-14(12-13)15(22)20(2)3/h5-7,12,21H,4,8-11H2,1-3H3,(H2,17,18,19). The summed E-state index contributed by atoms with van der Waals surface area (Å²) in [6.07, 6.45) is 0.790. The molecule has 0 bridgehead atoms. The third-order valence-corrected chi connectivity index (χ3v) is 3.00. The van der Waals surface area contributed by atoms with E-state index in [9.17, 15) is 4.79 Å². The van der Waals surface area contributed by atoms with E-state index in [1.807, 2.05) is 31.2 Å². The average molecular weight is 306 g/mol. The highest BCUT2D eigenvalue weighted by Crippen LogP contribution is 2.07. The SMILES string of the molecule is CCNC(=NCCO)NCCc1cccc(C(=O)N(C)C)c1. The van der Waals surface area contributed by atoms with Crippen molar-refractivity contribution in [1.82, 2.24) is 15.5 Å². The van der Waals surface area contributed by atoms with Gasteiger partial charge in [-0.05, 0) is 31.0 Å². The van der Waals surface area contributed by atoms with Crippen LogP contribution in [0.1, 0.15) is 22.8 Å². The Kier molecular flexibility index (Phi) is 7.99. The molecule has 122 valence electrons. The van der Waals surface area contributed by atoms with Crippen LogP contribution in [-0.2, 0) is 6.42 Å². The minimum atomic E-state index is 0.00709. The predicted octanol–water partition coefficient (Wildman–Crippen LogP) is 0.478. The first-order chi connectivity index (χ1) is 10.6. The minimum absolute atomic E-state index is 0.00709. The average Bonchev–Trinajstić information content (AvgIpc) is 2.52. The van der Waals surface area contributed by atoms with Crippen molar-refractivity contribution in [2.75, 3.05) is 40.3 Å². The van der Waals surface area contributed by atoms with Gasteiger partial charge in [0.2, 0.25) is 0 Å². The van der Waals surface area contributed by atoms with Gasteiger partial charge in [-0.2, -0.15) is 0 Å². The van der Waals surface area contributed by atoms with Crippen LogP contribution in [-0.4, -0.2) is 62.2 Å². The van der Waals surface area contributed by atoms with Crippen LogP contribution in [0.25, 0.3) is 0 Å². The van der Waals surface area contributed by atoms with Crippen molar-refractivity contribution in [1.29, 1.82) is 0 Å². The molecule has 0 aliphatic heterocycles. The summed E-state index contributed by atoms with van der Waals surface area (Å²) in [5.41, 5.74) is 1.79. The Labute approximate surface area is 132 Å². The number of benzene rings is 1. The maximum atomic E-state index is 11.9. The molecule has 0 aromatic heterocycles. The lowest BCUT2D eigenvalue weighted by Gasteiger charge is -2.13. The van der Waals surface area contributed by atoms with Crippen LogP contribution < -0.4 is 10.6 Å². The quantitative estimate of drug-likeness (QED) is 0.506. The smallest absolute Gasteiger partial charge is 0.253 e. The number of aliphatic hydroxyl groups excluding tert-OH is 1. The van der Waals surface area contributed by atoms with E-state index in [1.54, 1.807) is 19.0 Å². The summed E-state index contributed by atoms with van der Waals surface area (Å²) in [5, 5.41) is 15.1. The molecule has 0 heterocycles. The van der Waals surface area contributed by atoms with Gasteiger partial charge in [-0.3, -0.25) is 9.79 Å². The zero-order valence-electron chi connectivity index (χ0n) is 13.6. The van der Waals surface area contributed by atoms with Gasteiger partial charge in [0, 0.05) is 32.7 Å².